The van der Waals surface area contributed by atoms with Crippen molar-refractivity contribution in [2.75, 3.05) is 6.61 Å². The van der Waals surface area contributed by atoms with Gasteiger partial charge in [-0.1, -0.05) is 78.1 Å². The van der Waals surface area contributed by atoms with E-state index in [2.05, 4.69) is 13.8 Å². The summed E-state index contributed by atoms with van der Waals surface area (Å²) in [6, 6.07) is 3.40. The molecule has 0 aliphatic heterocycles. The molecule has 138 valence electrons. The molecule has 3 heteroatoms. The molecule has 0 N–H and O–H groups in total. The maximum absolute atomic E-state index is 11.2. The summed E-state index contributed by atoms with van der Waals surface area (Å²) in [6.45, 7) is 6.63. The molecule has 1 atom stereocenters. The molecule has 1 aromatic rings. The van der Waals surface area contributed by atoms with Gasteiger partial charge in [-0.15, -0.1) is 0 Å². The molecular weight excluding hydrogens is 300 g/mol. The molecule has 24 heavy (non-hydrogen) atoms. The van der Waals surface area contributed by atoms with Gasteiger partial charge in [0, 0.05) is 13.0 Å². The summed E-state index contributed by atoms with van der Waals surface area (Å²) in [4.78, 5) is 11.2. The number of ether oxygens (including phenoxy) is 1. The minimum atomic E-state index is -0.0664. The summed E-state index contributed by atoms with van der Waals surface area (Å²) in [6.07, 6.45) is 14.9. The summed E-state index contributed by atoms with van der Waals surface area (Å²) < 4.78 is 11.0. The fourth-order valence-corrected chi connectivity index (χ4v) is 2.87. The fourth-order valence-electron chi connectivity index (χ4n) is 2.87. The maximum atomic E-state index is 11.2. The summed E-state index contributed by atoms with van der Waals surface area (Å²) >= 11 is 0. The lowest BCUT2D eigenvalue weighted by Gasteiger charge is -2.11. The highest BCUT2D eigenvalue weighted by atomic mass is 16.6. The molecule has 3 nitrogen and oxygen atoms in total. The average Bonchev–Trinajstić information content (AvgIpc) is 3.04. The van der Waals surface area contributed by atoms with E-state index in [0.29, 0.717) is 24.2 Å². The summed E-state index contributed by atoms with van der Waals surface area (Å²) in [5.74, 6) is 1.27. The highest BCUT2D eigenvalue weighted by Crippen LogP contribution is 2.19. The van der Waals surface area contributed by atoms with Crippen molar-refractivity contribution in [2.24, 2.45) is 5.92 Å². The van der Waals surface area contributed by atoms with Crippen molar-refractivity contribution in [2.45, 2.75) is 91.4 Å². The molecule has 0 fully saturated rings. The summed E-state index contributed by atoms with van der Waals surface area (Å²) in [7, 11) is 0. The molecule has 0 bridgehead atoms. The van der Waals surface area contributed by atoms with Crippen LogP contribution in [0.25, 0.3) is 0 Å². The summed E-state index contributed by atoms with van der Waals surface area (Å²) in [5, 5.41) is 0. The molecule has 0 aromatic carbocycles. The van der Waals surface area contributed by atoms with Gasteiger partial charge >= 0.3 is 0 Å². The first-order valence-corrected chi connectivity index (χ1v) is 9.87. The lowest BCUT2D eigenvalue weighted by molar-refractivity contribution is 0.0975. The van der Waals surface area contributed by atoms with Gasteiger partial charge in [-0.2, -0.15) is 0 Å². The van der Waals surface area contributed by atoms with Crippen LogP contribution in [0.2, 0.25) is 0 Å². The van der Waals surface area contributed by atoms with Gasteiger partial charge in [0.15, 0.2) is 11.5 Å². The Hall–Kier alpha value is -1.25. The Bertz CT molecular complexity index is 436. The van der Waals surface area contributed by atoms with Crippen molar-refractivity contribution >= 4 is 5.78 Å². The van der Waals surface area contributed by atoms with Crippen molar-refractivity contribution in [3.05, 3.63) is 17.9 Å². The van der Waals surface area contributed by atoms with Gasteiger partial charge in [-0.05, 0) is 18.4 Å². The van der Waals surface area contributed by atoms with Crippen LogP contribution in [0.5, 0.6) is 5.95 Å². The number of ketones is 1. The summed E-state index contributed by atoms with van der Waals surface area (Å²) in [5.41, 5.74) is 0. The second kappa shape index (κ2) is 13.1. The van der Waals surface area contributed by atoms with Gasteiger partial charge in [0.1, 0.15) is 0 Å². The second-order valence-corrected chi connectivity index (χ2v) is 7.06. The van der Waals surface area contributed by atoms with Crippen LogP contribution >= 0.6 is 0 Å². The molecule has 1 aromatic heterocycles. The first kappa shape index (κ1) is 20.8. The topological polar surface area (TPSA) is 39.4 Å². The number of hydrogen-bond donors (Lipinski definition) is 0. The molecule has 0 saturated heterocycles. The van der Waals surface area contributed by atoms with Gasteiger partial charge in [-0.25, -0.2) is 0 Å². The predicted molar refractivity (Wildman–Crippen MR) is 99.8 cm³/mol. The van der Waals surface area contributed by atoms with Gasteiger partial charge in [0.2, 0.25) is 0 Å². The SMILES string of the molecule is CCCCCCCCCCCCC(C)COc1ccc(C(C)=O)o1. The minimum Gasteiger partial charge on any atom is -0.465 e. The first-order chi connectivity index (χ1) is 11.6. The number of hydrogen-bond acceptors (Lipinski definition) is 3. The maximum Gasteiger partial charge on any atom is 0.284 e. The quantitative estimate of drug-likeness (QED) is 0.261. The molecule has 1 rings (SSSR count). The van der Waals surface area contributed by atoms with E-state index in [4.69, 9.17) is 9.15 Å². The Labute approximate surface area is 148 Å². The number of rotatable bonds is 15. The van der Waals surface area contributed by atoms with Crippen LogP contribution in [-0.4, -0.2) is 12.4 Å². The Balaban J connectivity index is 1.94. The normalized spacial score (nSPS) is 12.3. The monoisotopic (exact) mass is 336 g/mol. The number of Topliss-reactive ketones (excluding diaryl/α,β-unsaturated/α-hetero) is 1. The highest BCUT2D eigenvalue weighted by Gasteiger charge is 2.09. The van der Waals surface area contributed by atoms with E-state index in [0.717, 1.165) is 0 Å². The average molecular weight is 337 g/mol. The van der Waals surface area contributed by atoms with Crippen LogP contribution in [-0.2, 0) is 0 Å². The third-order valence-electron chi connectivity index (χ3n) is 4.49. The van der Waals surface area contributed by atoms with Crippen molar-refractivity contribution in [3.63, 3.8) is 0 Å². The Kier molecular flexibility index (Phi) is 11.3. The molecule has 0 spiro atoms. The van der Waals surface area contributed by atoms with E-state index in [-0.39, 0.29) is 5.78 Å². The van der Waals surface area contributed by atoms with Crippen LogP contribution < -0.4 is 4.74 Å². The Morgan fingerprint density at radius 3 is 2.12 bits per heavy atom. The largest absolute Gasteiger partial charge is 0.465 e. The van der Waals surface area contributed by atoms with E-state index >= 15 is 0 Å². The molecule has 0 saturated carbocycles. The zero-order valence-corrected chi connectivity index (χ0v) is 15.9. The smallest absolute Gasteiger partial charge is 0.284 e. The number of carbonyl (C=O) groups is 1. The van der Waals surface area contributed by atoms with Crippen molar-refractivity contribution in [1.82, 2.24) is 0 Å². The van der Waals surface area contributed by atoms with Crippen LogP contribution in [0.1, 0.15) is 102 Å². The van der Waals surface area contributed by atoms with Crippen molar-refractivity contribution in [1.29, 1.82) is 0 Å². The van der Waals surface area contributed by atoms with E-state index < -0.39 is 0 Å². The lowest BCUT2D eigenvalue weighted by Crippen LogP contribution is -2.08. The van der Waals surface area contributed by atoms with Crippen molar-refractivity contribution in [3.8, 4) is 5.95 Å². The predicted octanol–water partition coefficient (Wildman–Crippen LogP) is 6.81. The zero-order chi connectivity index (χ0) is 17.6. The fraction of sp³-hybridized carbons (Fsp3) is 0.762. The first-order valence-electron chi connectivity index (χ1n) is 9.87. The van der Waals surface area contributed by atoms with Gasteiger partial charge in [-0.3, -0.25) is 4.79 Å². The van der Waals surface area contributed by atoms with E-state index in [1.54, 1.807) is 12.1 Å². The molecule has 0 radical (unpaired) electrons. The van der Waals surface area contributed by atoms with Crippen LogP contribution in [0.4, 0.5) is 0 Å². The molecule has 1 heterocycles. The highest BCUT2D eigenvalue weighted by molar-refractivity contribution is 5.91. The third kappa shape index (κ3) is 9.79. The molecular formula is C21H36O3. The van der Waals surface area contributed by atoms with Gasteiger partial charge in [0.05, 0.1) is 6.61 Å². The van der Waals surface area contributed by atoms with Crippen LogP contribution in [0.3, 0.4) is 0 Å². The van der Waals surface area contributed by atoms with Crippen LogP contribution in [0, 0.1) is 5.92 Å². The Morgan fingerprint density at radius 2 is 1.58 bits per heavy atom. The standard InChI is InChI=1S/C21H36O3/c1-4-5-6-7-8-9-10-11-12-13-14-18(2)17-23-21-16-15-20(24-21)19(3)22/h15-16,18H,4-14,17H2,1-3H3. The lowest BCUT2D eigenvalue weighted by atomic mass is 10.0. The van der Waals surface area contributed by atoms with E-state index in [1.165, 1.54) is 77.6 Å². The Morgan fingerprint density at radius 1 is 1.00 bits per heavy atom. The van der Waals surface area contributed by atoms with Crippen molar-refractivity contribution < 1.29 is 13.9 Å². The number of unbranched alkanes of at least 4 members (excludes halogenated alkanes) is 9. The van der Waals surface area contributed by atoms with Gasteiger partial charge < -0.3 is 9.15 Å². The third-order valence-corrected chi connectivity index (χ3v) is 4.49. The molecule has 0 amide bonds. The van der Waals surface area contributed by atoms with E-state index in [9.17, 15) is 4.79 Å². The molecule has 0 aliphatic rings. The molecule has 0 aliphatic carbocycles. The number of carbonyl (C=O) groups excluding carboxylic acids is 1. The minimum absolute atomic E-state index is 0.0664. The zero-order valence-electron chi connectivity index (χ0n) is 15.9. The van der Waals surface area contributed by atoms with E-state index in [1.807, 2.05) is 0 Å². The number of furan rings is 1. The second-order valence-electron chi connectivity index (χ2n) is 7.06. The molecule has 1 unspecified atom stereocenters. The van der Waals surface area contributed by atoms with Crippen LogP contribution in [0.15, 0.2) is 16.5 Å². The van der Waals surface area contributed by atoms with Gasteiger partial charge in [0.25, 0.3) is 5.95 Å².